The van der Waals surface area contributed by atoms with Crippen molar-refractivity contribution in [2.75, 3.05) is 6.61 Å². The second-order valence-electron chi connectivity index (χ2n) is 3.92. The Morgan fingerprint density at radius 1 is 1.50 bits per heavy atom. The minimum Gasteiger partial charge on any atom is -0.353 e. The van der Waals surface area contributed by atoms with E-state index in [1.54, 1.807) is 0 Å². The van der Waals surface area contributed by atoms with Crippen molar-refractivity contribution in [3.05, 3.63) is 25.3 Å². The molecular weight excluding hydrogens is 176 g/mol. The van der Waals surface area contributed by atoms with E-state index in [1.165, 1.54) is 6.42 Å². The zero-order valence-electron chi connectivity index (χ0n) is 9.00. The monoisotopic (exact) mass is 196 g/mol. The third-order valence-corrected chi connectivity index (χ3v) is 2.52. The minimum atomic E-state index is -0.330. The topological polar surface area (TPSA) is 18.5 Å². The van der Waals surface area contributed by atoms with Crippen LogP contribution in [0, 0.1) is 0 Å². The second kappa shape index (κ2) is 5.32. The molecule has 0 amide bonds. The average Bonchev–Trinajstić information content (AvgIpc) is 2.20. The normalized spacial score (nSPS) is 26.5. The van der Waals surface area contributed by atoms with Gasteiger partial charge in [0.25, 0.3) is 0 Å². The molecule has 1 fully saturated rings. The molecule has 1 aliphatic rings. The SMILES string of the molecule is C=CCC(C)(C=C)OC1CCCCO1. The van der Waals surface area contributed by atoms with Gasteiger partial charge in [0.1, 0.15) is 0 Å². The van der Waals surface area contributed by atoms with Crippen LogP contribution in [0.25, 0.3) is 0 Å². The van der Waals surface area contributed by atoms with Gasteiger partial charge in [0, 0.05) is 6.61 Å². The van der Waals surface area contributed by atoms with Gasteiger partial charge in [-0.15, -0.1) is 13.2 Å². The first kappa shape index (κ1) is 11.5. The van der Waals surface area contributed by atoms with Crippen molar-refractivity contribution in [1.29, 1.82) is 0 Å². The van der Waals surface area contributed by atoms with Crippen molar-refractivity contribution in [3.63, 3.8) is 0 Å². The standard InChI is InChI=1S/C12H20O2/c1-4-9-12(3,5-2)14-11-8-6-7-10-13-11/h4-5,11H,1-2,6-10H2,3H3. The van der Waals surface area contributed by atoms with Crippen molar-refractivity contribution in [2.24, 2.45) is 0 Å². The van der Waals surface area contributed by atoms with E-state index >= 15 is 0 Å². The zero-order valence-corrected chi connectivity index (χ0v) is 9.00. The van der Waals surface area contributed by atoms with Gasteiger partial charge >= 0.3 is 0 Å². The van der Waals surface area contributed by atoms with E-state index < -0.39 is 0 Å². The van der Waals surface area contributed by atoms with E-state index in [0.29, 0.717) is 0 Å². The van der Waals surface area contributed by atoms with Gasteiger partial charge < -0.3 is 9.47 Å². The second-order valence-corrected chi connectivity index (χ2v) is 3.92. The molecule has 0 spiro atoms. The van der Waals surface area contributed by atoms with Crippen LogP contribution >= 0.6 is 0 Å². The Kier molecular flexibility index (Phi) is 4.36. The largest absolute Gasteiger partial charge is 0.353 e. The summed E-state index contributed by atoms with van der Waals surface area (Å²) < 4.78 is 11.4. The van der Waals surface area contributed by atoms with Crippen LogP contribution in [-0.4, -0.2) is 18.5 Å². The van der Waals surface area contributed by atoms with Gasteiger partial charge in [-0.05, 0) is 32.6 Å². The Labute approximate surface area is 86.6 Å². The van der Waals surface area contributed by atoms with Crippen molar-refractivity contribution in [3.8, 4) is 0 Å². The summed E-state index contributed by atoms with van der Waals surface area (Å²) in [7, 11) is 0. The van der Waals surface area contributed by atoms with Crippen LogP contribution in [0.2, 0.25) is 0 Å². The molecule has 1 saturated heterocycles. The molecule has 0 saturated carbocycles. The van der Waals surface area contributed by atoms with Crippen molar-refractivity contribution in [2.45, 2.75) is 44.5 Å². The van der Waals surface area contributed by atoms with Crippen molar-refractivity contribution in [1.82, 2.24) is 0 Å². The lowest BCUT2D eigenvalue weighted by molar-refractivity contribution is -0.205. The van der Waals surface area contributed by atoms with Crippen LogP contribution in [0.1, 0.15) is 32.6 Å². The number of hydrogen-bond acceptors (Lipinski definition) is 2. The molecule has 0 bridgehead atoms. The Bertz CT molecular complexity index is 194. The lowest BCUT2D eigenvalue weighted by Gasteiger charge is -2.32. The molecule has 0 aromatic heterocycles. The third-order valence-electron chi connectivity index (χ3n) is 2.52. The first-order valence-electron chi connectivity index (χ1n) is 5.24. The predicted octanol–water partition coefficient (Wildman–Crippen LogP) is 3.05. The van der Waals surface area contributed by atoms with E-state index in [-0.39, 0.29) is 11.9 Å². The average molecular weight is 196 g/mol. The minimum absolute atomic E-state index is 0.0632. The molecule has 0 radical (unpaired) electrons. The highest BCUT2D eigenvalue weighted by atomic mass is 16.7. The molecule has 0 aromatic rings. The fourth-order valence-corrected chi connectivity index (χ4v) is 1.57. The zero-order chi connectivity index (χ0) is 10.4. The van der Waals surface area contributed by atoms with Gasteiger partial charge in [0.2, 0.25) is 0 Å². The third kappa shape index (κ3) is 3.28. The maximum absolute atomic E-state index is 5.86. The molecule has 2 unspecified atom stereocenters. The summed E-state index contributed by atoms with van der Waals surface area (Å²) in [5.74, 6) is 0. The predicted molar refractivity (Wildman–Crippen MR) is 58.1 cm³/mol. The van der Waals surface area contributed by atoms with E-state index in [2.05, 4.69) is 13.2 Å². The van der Waals surface area contributed by atoms with E-state index in [1.807, 2.05) is 19.1 Å². The lowest BCUT2D eigenvalue weighted by atomic mass is 10.0. The summed E-state index contributed by atoms with van der Waals surface area (Å²) in [6.07, 6.45) is 7.71. The molecule has 2 heteroatoms. The van der Waals surface area contributed by atoms with E-state index in [4.69, 9.17) is 9.47 Å². The summed E-state index contributed by atoms with van der Waals surface area (Å²) in [6.45, 7) is 10.3. The van der Waals surface area contributed by atoms with Crippen molar-refractivity contribution < 1.29 is 9.47 Å². The highest BCUT2D eigenvalue weighted by Crippen LogP contribution is 2.24. The fourth-order valence-electron chi connectivity index (χ4n) is 1.57. The smallest absolute Gasteiger partial charge is 0.158 e. The van der Waals surface area contributed by atoms with Crippen LogP contribution in [-0.2, 0) is 9.47 Å². The maximum Gasteiger partial charge on any atom is 0.158 e. The van der Waals surface area contributed by atoms with Crippen molar-refractivity contribution >= 4 is 0 Å². The van der Waals surface area contributed by atoms with Crippen LogP contribution in [0.3, 0.4) is 0 Å². The van der Waals surface area contributed by atoms with E-state index in [0.717, 1.165) is 25.9 Å². The van der Waals surface area contributed by atoms with Gasteiger partial charge in [-0.1, -0.05) is 12.2 Å². The van der Waals surface area contributed by atoms with Gasteiger partial charge in [0.05, 0.1) is 5.60 Å². The summed E-state index contributed by atoms with van der Waals surface area (Å²) >= 11 is 0. The molecule has 0 aliphatic carbocycles. The number of ether oxygens (including phenoxy) is 2. The Morgan fingerprint density at radius 2 is 2.29 bits per heavy atom. The molecule has 1 rings (SSSR count). The number of rotatable bonds is 5. The van der Waals surface area contributed by atoms with Crippen LogP contribution < -0.4 is 0 Å². The highest BCUT2D eigenvalue weighted by molar-refractivity contribution is 4.98. The van der Waals surface area contributed by atoms with Gasteiger partial charge in [-0.25, -0.2) is 0 Å². The lowest BCUT2D eigenvalue weighted by Crippen LogP contribution is -2.34. The molecular formula is C12H20O2. The molecule has 2 nitrogen and oxygen atoms in total. The van der Waals surface area contributed by atoms with Gasteiger partial charge in [0.15, 0.2) is 6.29 Å². The molecule has 0 N–H and O–H groups in total. The summed E-state index contributed by atoms with van der Waals surface area (Å²) in [5.41, 5.74) is -0.330. The fraction of sp³-hybridized carbons (Fsp3) is 0.667. The van der Waals surface area contributed by atoms with E-state index in [9.17, 15) is 0 Å². The molecule has 1 aliphatic heterocycles. The molecule has 0 aromatic carbocycles. The van der Waals surface area contributed by atoms with Crippen LogP contribution in [0.15, 0.2) is 25.3 Å². The maximum atomic E-state index is 5.86. The summed E-state index contributed by atoms with van der Waals surface area (Å²) in [6, 6.07) is 0. The quantitative estimate of drug-likeness (QED) is 0.629. The molecule has 1 heterocycles. The first-order chi connectivity index (χ1) is 6.70. The van der Waals surface area contributed by atoms with Gasteiger partial charge in [-0.3, -0.25) is 0 Å². The highest BCUT2D eigenvalue weighted by Gasteiger charge is 2.25. The van der Waals surface area contributed by atoms with Crippen LogP contribution in [0.4, 0.5) is 0 Å². The molecule has 14 heavy (non-hydrogen) atoms. The Hall–Kier alpha value is -0.600. The number of hydrogen-bond donors (Lipinski definition) is 0. The Morgan fingerprint density at radius 3 is 2.79 bits per heavy atom. The molecule has 80 valence electrons. The van der Waals surface area contributed by atoms with Gasteiger partial charge in [-0.2, -0.15) is 0 Å². The molecule has 2 atom stereocenters. The summed E-state index contributed by atoms with van der Waals surface area (Å²) in [4.78, 5) is 0. The van der Waals surface area contributed by atoms with Crippen LogP contribution in [0.5, 0.6) is 0 Å². The first-order valence-corrected chi connectivity index (χ1v) is 5.24. The summed E-state index contributed by atoms with van der Waals surface area (Å²) in [5, 5.41) is 0. The Balaban J connectivity index is 2.45.